The average Bonchev–Trinajstić information content (AvgIpc) is 3.09. The zero-order valence-electron chi connectivity index (χ0n) is 30.6. The van der Waals surface area contributed by atoms with Crippen LogP contribution in [0.4, 0.5) is 29.0 Å². The van der Waals surface area contributed by atoms with Crippen LogP contribution < -0.4 is 91.6 Å². The van der Waals surface area contributed by atoms with E-state index in [1.165, 1.54) is 0 Å². The quantitative estimate of drug-likeness (QED) is 0.0236. The molecule has 1 aromatic heterocycles. The Morgan fingerprint density at radius 2 is 1.42 bits per heavy atom. The number of fused-ring (bicyclic) bond motifs is 2. The number of aromatic nitrogens is 3. The van der Waals surface area contributed by atoms with Crippen LogP contribution in [0.5, 0.6) is 5.75 Å². The van der Waals surface area contributed by atoms with E-state index in [1.807, 2.05) is 0 Å². The van der Waals surface area contributed by atoms with Crippen molar-refractivity contribution in [1.29, 1.82) is 0 Å². The second kappa shape index (κ2) is 20.0. The molecular weight excluding hydrogens is 960 g/mol. The summed E-state index contributed by atoms with van der Waals surface area (Å²) in [7, 11) is -24.2. The van der Waals surface area contributed by atoms with Crippen molar-refractivity contribution in [2.45, 2.75) is 19.6 Å². The monoisotopic (exact) mass is 985 g/mol. The Kier molecular flexibility index (Phi) is 17.3. The van der Waals surface area contributed by atoms with Crippen LogP contribution in [0.1, 0.15) is 0 Å². The normalized spacial score (nSPS) is 12.6. The molecule has 60 heavy (non-hydrogen) atoms. The molecule has 0 unspecified atom stereocenters. The SMILES string of the molecule is C=CS(=O)(=O)CCOCCNc1nc(Cl)nc(Nc2cc(S(=O)(=O)O)cc3cc(S(=O)(=O)O)c(N=Nc4ccc5c(S(=O)(=O)O)cccc5c4S(=O)(=O)O)c(O)c23)n1.[K+].[Na+]. The van der Waals surface area contributed by atoms with Crippen LogP contribution >= 0.6 is 11.6 Å². The minimum Gasteiger partial charge on any atom is -0.505 e. The summed E-state index contributed by atoms with van der Waals surface area (Å²) in [5.41, 5.74) is -2.35. The van der Waals surface area contributed by atoms with Crippen molar-refractivity contribution in [1.82, 2.24) is 15.0 Å². The molecule has 5 rings (SSSR count). The maximum absolute atomic E-state index is 12.6. The molecule has 31 heteroatoms. The van der Waals surface area contributed by atoms with Gasteiger partial charge in [0.15, 0.2) is 15.6 Å². The number of ether oxygens (including phenoxy) is 1. The fourth-order valence-corrected chi connectivity index (χ4v) is 8.58. The van der Waals surface area contributed by atoms with E-state index in [9.17, 15) is 65.4 Å². The average molecular weight is 986 g/mol. The second-order valence-electron chi connectivity index (χ2n) is 11.5. The maximum Gasteiger partial charge on any atom is 1.00 e. The predicted molar refractivity (Wildman–Crippen MR) is 204 cm³/mol. The molecule has 0 aliphatic rings. The molecule has 0 saturated carbocycles. The minimum atomic E-state index is -5.41. The van der Waals surface area contributed by atoms with E-state index in [4.69, 9.17) is 16.3 Å². The number of benzene rings is 4. The van der Waals surface area contributed by atoms with E-state index in [0.29, 0.717) is 12.1 Å². The fourth-order valence-electron chi connectivity index (χ4n) is 5.17. The van der Waals surface area contributed by atoms with Gasteiger partial charge in [0.1, 0.15) is 26.1 Å². The van der Waals surface area contributed by atoms with Crippen LogP contribution in [0.2, 0.25) is 5.28 Å². The third-order valence-corrected chi connectivity index (χ3v) is 12.6. The number of phenolic OH excluding ortho intramolecular Hbond substituents is 1. The number of sulfone groups is 1. The number of anilines is 3. The van der Waals surface area contributed by atoms with Crippen molar-refractivity contribution in [3.8, 4) is 5.75 Å². The third kappa shape index (κ3) is 12.6. The fraction of sp³-hybridized carbons (Fsp3) is 0.138. The summed E-state index contributed by atoms with van der Waals surface area (Å²) in [5.74, 6) is -2.15. The Hall–Kier alpha value is -2.37. The number of hydrogen-bond donors (Lipinski definition) is 7. The van der Waals surface area contributed by atoms with Crippen LogP contribution in [0.15, 0.2) is 90.3 Å². The number of nitrogens with one attached hydrogen (secondary N) is 2. The molecule has 0 radical (unpaired) electrons. The summed E-state index contributed by atoms with van der Waals surface area (Å²) in [6, 6.07) is 6.83. The molecule has 0 atom stereocenters. The molecule has 5 aromatic rings. The van der Waals surface area contributed by atoms with Gasteiger partial charge in [-0.25, -0.2) is 8.42 Å². The molecule has 0 saturated heterocycles. The summed E-state index contributed by atoms with van der Waals surface area (Å²) in [6.45, 7) is 2.99. The first-order valence-electron chi connectivity index (χ1n) is 15.4. The number of halogens is 1. The molecule has 1 heterocycles. The minimum absolute atomic E-state index is 0. The number of aromatic hydroxyl groups is 1. The molecule has 0 aliphatic heterocycles. The Labute approximate surface area is 410 Å². The Balaban J connectivity index is 0.00000480. The number of nitrogens with zero attached hydrogens (tertiary/aromatic N) is 5. The number of azo groups is 1. The number of hydrogen-bond acceptors (Lipinski definition) is 19. The van der Waals surface area contributed by atoms with Crippen molar-refractivity contribution in [3.05, 3.63) is 65.8 Å². The van der Waals surface area contributed by atoms with Crippen molar-refractivity contribution in [2.75, 3.05) is 36.1 Å². The number of phenols is 1. The molecule has 0 aliphatic carbocycles. The van der Waals surface area contributed by atoms with Crippen LogP contribution in [0.25, 0.3) is 21.5 Å². The van der Waals surface area contributed by atoms with Gasteiger partial charge < -0.3 is 20.5 Å². The van der Waals surface area contributed by atoms with E-state index in [2.05, 4.69) is 42.4 Å². The largest absolute Gasteiger partial charge is 1.00 e. The Morgan fingerprint density at radius 3 is 2.02 bits per heavy atom. The van der Waals surface area contributed by atoms with Gasteiger partial charge in [-0.1, -0.05) is 24.8 Å². The first-order chi connectivity index (χ1) is 26.8. The molecule has 0 bridgehead atoms. The van der Waals surface area contributed by atoms with E-state index < -0.39 is 125 Å². The first-order valence-corrected chi connectivity index (χ1v) is 23.2. The Morgan fingerprint density at radius 1 is 0.767 bits per heavy atom. The topological polar surface area (TPSA) is 369 Å². The summed E-state index contributed by atoms with van der Waals surface area (Å²) in [6.07, 6.45) is 0. The first kappa shape index (κ1) is 52.0. The van der Waals surface area contributed by atoms with Gasteiger partial charge in [-0.3, -0.25) is 18.2 Å². The van der Waals surface area contributed by atoms with Gasteiger partial charge in [-0.15, -0.1) is 10.2 Å². The molecule has 0 amide bonds. The molecule has 7 N–H and O–H groups in total. The zero-order valence-corrected chi connectivity index (χ0v) is 40.6. The third-order valence-electron chi connectivity index (χ3n) is 7.59. The van der Waals surface area contributed by atoms with Crippen molar-refractivity contribution < 1.29 is 151 Å². The molecule has 0 fully saturated rings. The van der Waals surface area contributed by atoms with Gasteiger partial charge in [-0.2, -0.15) is 48.6 Å². The summed E-state index contributed by atoms with van der Waals surface area (Å²) < 4.78 is 167. The van der Waals surface area contributed by atoms with Gasteiger partial charge in [-0.05, 0) is 47.3 Å². The molecule has 310 valence electrons. The van der Waals surface area contributed by atoms with Crippen LogP contribution in [0, 0.1) is 0 Å². The van der Waals surface area contributed by atoms with Crippen LogP contribution in [-0.2, 0) is 55.0 Å². The van der Waals surface area contributed by atoms with E-state index in [0.717, 1.165) is 41.8 Å². The van der Waals surface area contributed by atoms with Crippen molar-refractivity contribution in [2.24, 2.45) is 10.2 Å². The van der Waals surface area contributed by atoms with E-state index in [-0.39, 0.29) is 112 Å². The van der Waals surface area contributed by atoms with Gasteiger partial charge in [0, 0.05) is 28.1 Å². The number of rotatable bonds is 16. The Bertz CT molecular complexity index is 3130. The van der Waals surface area contributed by atoms with Gasteiger partial charge >= 0.3 is 80.9 Å². The van der Waals surface area contributed by atoms with Crippen molar-refractivity contribution >= 4 is 112 Å². The second-order valence-corrected chi connectivity index (χ2v) is 19.4. The van der Waals surface area contributed by atoms with Gasteiger partial charge in [0.2, 0.25) is 17.2 Å². The standard InChI is InChI=1S/C29H26ClN7O16S5.K.Na/c1-2-54(39,40)11-10-53-9-8-31-28-33-27(30)34-29(35-28)32-20-14-16(55(41,42)43)12-15-13-22(57(47,48)49)24(25(38)23(15)20)37-36-19-7-6-17-18(26(19)58(50,51)52)4-3-5-21(17)56(44,45)46;;/h2-7,12-14,38H,1,8-11H2,(H,41,42,43)(H,44,45,46)(H,47,48,49)(H,50,51,52)(H2,31,32,33,34,35);;/q;2*+1. The van der Waals surface area contributed by atoms with E-state index in [1.54, 1.807) is 0 Å². The van der Waals surface area contributed by atoms with Crippen LogP contribution in [-0.4, -0.2) is 106 Å². The predicted octanol–water partition coefficient (Wildman–Crippen LogP) is -2.32. The smallest absolute Gasteiger partial charge is 0.505 e. The van der Waals surface area contributed by atoms with Crippen LogP contribution in [0.3, 0.4) is 0 Å². The summed E-state index contributed by atoms with van der Waals surface area (Å²) in [5, 5.41) is 22.6. The van der Waals surface area contributed by atoms with Crippen molar-refractivity contribution in [3.63, 3.8) is 0 Å². The molecule has 4 aromatic carbocycles. The van der Waals surface area contributed by atoms with Gasteiger partial charge in [0.25, 0.3) is 40.5 Å². The summed E-state index contributed by atoms with van der Waals surface area (Å²) in [4.78, 5) is 7.85. The summed E-state index contributed by atoms with van der Waals surface area (Å²) >= 11 is 6.05. The molecule has 0 spiro atoms. The maximum atomic E-state index is 12.6. The van der Waals surface area contributed by atoms with Gasteiger partial charge in [0.05, 0.1) is 29.5 Å². The zero-order chi connectivity index (χ0) is 43.0. The molecular formula is C29H26ClKN7NaO16S5+2. The molecule has 23 nitrogen and oxygen atoms in total. The van der Waals surface area contributed by atoms with E-state index >= 15 is 0 Å².